The molecule has 7 nitrogen and oxygen atoms in total. The van der Waals surface area contributed by atoms with Crippen LogP contribution in [0.3, 0.4) is 0 Å². The van der Waals surface area contributed by atoms with Gasteiger partial charge in [0, 0.05) is 31.6 Å². The fourth-order valence-corrected chi connectivity index (χ4v) is 5.64. The van der Waals surface area contributed by atoms with E-state index in [1.807, 2.05) is 12.1 Å². The maximum Gasteiger partial charge on any atom is 0.273 e. The minimum Gasteiger partial charge on any atom is -0.462 e. The SMILES string of the molecule is CC(C)(C)c1ccc(S(=O)(=O)N2CCN(C(=O)c3csc(-c4ccco4)n3)CC2)cc1. The lowest BCUT2D eigenvalue weighted by Gasteiger charge is -2.33. The first kappa shape index (κ1) is 21.7. The van der Waals surface area contributed by atoms with Gasteiger partial charge in [-0.1, -0.05) is 32.9 Å². The zero-order valence-corrected chi connectivity index (χ0v) is 19.4. The van der Waals surface area contributed by atoms with Crippen LogP contribution in [0.1, 0.15) is 36.8 Å². The molecule has 1 fully saturated rings. The van der Waals surface area contributed by atoms with Gasteiger partial charge in [-0.3, -0.25) is 4.79 Å². The van der Waals surface area contributed by atoms with Crippen molar-refractivity contribution in [2.75, 3.05) is 26.2 Å². The van der Waals surface area contributed by atoms with Gasteiger partial charge in [-0.05, 0) is 35.2 Å². The highest BCUT2D eigenvalue weighted by Crippen LogP contribution is 2.26. The Labute approximate surface area is 186 Å². The zero-order valence-electron chi connectivity index (χ0n) is 17.7. The number of sulfonamides is 1. The van der Waals surface area contributed by atoms with Gasteiger partial charge in [0.1, 0.15) is 5.69 Å². The Morgan fingerprint density at radius 2 is 1.74 bits per heavy atom. The first-order chi connectivity index (χ1) is 14.7. The van der Waals surface area contributed by atoms with Crippen LogP contribution in [0.25, 0.3) is 10.8 Å². The van der Waals surface area contributed by atoms with Crippen molar-refractivity contribution in [1.29, 1.82) is 0 Å². The number of rotatable bonds is 4. The summed E-state index contributed by atoms with van der Waals surface area (Å²) < 4.78 is 32.8. The van der Waals surface area contributed by atoms with Crippen LogP contribution in [0.15, 0.2) is 57.4 Å². The summed E-state index contributed by atoms with van der Waals surface area (Å²) in [5.41, 5.74) is 1.39. The molecule has 0 unspecified atom stereocenters. The van der Waals surface area contributed by atoms with Crippen LogP contribution in [-0.2, 0) is 15.4 Å². The number of furan rings is 1. The van der Waals surface area contributed by atoms with Crippen molar-refractivity contribution in [1.82, 2.24) is 14.2 Å². The Balaban J connectivity index is 1.41. The number of thiazole rings is 1. The highest BCUT2D eigenvalue weighted by Gasteiger charge is 2.31. The second-order valence-corrected chi connectivity index (χ2v) is 11.3. The van der Waals surface area contributed by atoms with E-state index in [1.54, 1.807) is 40.8 Å². The van der Waals surface area contributed by atoms with Crippen LogP contribution >= 0.6 is 11.3 Å². The largest absolute Gasteiger partial charge is 0.462 e. The molecule has 1 saturated heterocycles. The average molecular weight is 460 g/mol. The number of piperazine rings is 1. The van der Waals surface area contributed by atoms with Gasteiger partial charge >= 0.3 is 0 Å². The topological polar surface area (TPSA) is 83.7 Å². The Kier molecular flexibility index (Phi) is 5.76. The maximum atomic E-state index is 13.0. The fraction of sp³-hybridized carbons (Fsp3) is 0.364. The fourth-order valence-electron chi connectivity index (χ4n) is 3.45. The molecule has 2 aromatic heterocycles. The van der Waals surface area contributed by atoms with E-state index in [-0.39, 0.29) is 29.3 Å². The summed E-state index contributed by atoms with van der Waals surface area (Å²) in [6.07, 6.45) is 1.56. The number of carbonyl (C=O) groups excluding carboxylic acids is 1. The molecule has 1 aliphatic rings. The van der Waals surface area contributed by atoms with Gasteiger partial charge in [-0.2, -0.15) is 4.31 Å². The van der Waals surface area contributed by atoms with Crippen LogP contribution in [0.2, 0.25) is 0 Å². The summed E-state index contributed by atoms with van der Waals surface area (Å²) >= 11 is 1.35. The molecule has 4 rings (SSSR count). The van der Waals surface area contributed by atoms with Crippen molar-refractivity contribution in [3.05, 3.63) is 59.3 Å². The third-order valence-electron chi connectivity index (χ3n) is 5.34. The van der Waals surface area contributed by atoms with Crippen LogP contribution < -0.4 is 0 Å². The zero-order chi connectivity index (χ0) is 22.2. The molecule has 9 heteroatoms. The number of benzene rings is 1. The summed E-state index contributed by atoms with van der Waals surface area (Å²) in [6, 6.07) is 10.6. The molecule has 164 valence electrons. The van der Waals surface area contributed by atoms with Crippen LogP contribution in [0, 0.1) is 0 Å². The normalized spacial score (nSPS) is 15.9. The van der Waals surface area contributed by atoms with E-state index in [0.29, 0.717) is 29.6 Å². The number of amides is 1. The Morgan fingerprint density at radius 1 is 1.06 bits per heavy atom. The van der Waals surface area contributed by atoms with Crippen LogP contribution in [0.5, 0.6) is 0 Å². The minimum absolute atomic E-state index is 0.0409. The van der Waals surface area contributed by atoms with E-state index < -0.39 is 10.0 Å². The standard InChI is InChI=1S/C22H25N3O4S2/c1-22(2,3)16-6-8-17(9-7-16)31(27,28)25-12-10-24(11-13-25)21(26)18-15-30-20(23-18)19-5-4-14-29-19/h4-9,14-15H,10-13H2,1-3H3. The third-order valence-corrected chi connectivity index (χ3v) is 8.11. The summed E-state index contributed by atoms with van der Waals surface area (Å²) in [7, 11) is -3.59. The molecule has 3 aromatic rings. The average Bonchev–Trinajstić information content (AvgIpc) is 3.45. The summed E-state index contributed by atoms with van der Waals surface area (Å²) in [5, 5.41) is 2.35. The monoisotopic (exact) mass is 459 g/mol. The quantitative estimate of drug-likeness (QED) is 0.592. The number of hydrogen-bond donors (Lipinski definition) is 0. The summed E-state index contributed by atoms with van der Waals surface area (Å²) in [5.74, 6) is 0.429. The van der Waals surface area contributed by atoms with Gasteiger partial charge in [0.05, 0.1) is 11.2 Å². The Morgan fingerprint density at radius 3 is 2.32 bits per heavy atom. The lowest BCUT2D eigenvalue weighted by atomic mass is 9.87. The molecule has 0 N–H and O–H groups in total. The van der Waals surface area contributed by atoms with E-state index >= 15 is 0 Å². The molecular weight excluding hydrogens is 434 g/mol. The first-order valence-corrected chi connectivity index (χ1v) is 12.4. The van der Waals surface area contributed by atoms with Crippen molar-refractivity contribution < 1.29 is 17.6 Å². The highest BCUT2D eigenvalue weighted by molar-refractivity contribution is 7.89. The molecule has 0 aliphatic carbocycles. The van der Waals surface area contributed by atoms with Crippen molar-refractivity contribution in [2.45, 2.75) is 31.1 Å². The summed E-state index contributed by atoms with van der Waals surface area (Å²) in [6.45, 7) is 7.43. The van der Waals surface area contributed by atoms with Crippen LogP contribution in [0.4, 0.5) is 0 Å². The van der Waals surface area contributed by atoms with Gasteiger partial charge in [-0.15, -0.1) is 11.3 Å². The second kappa shape index (κ2) is 8.22. The Bertz CT molecular complexity index is 1150. The van der Waals surface area contributed by atoms with E-state index in [2.05, 4.69) is 25.8 Å². The van der Waals surface area contributed by atoms with Crippen molar-refractivity contribution in [3.63, 3.8) is 0 Å². The van der Waals surface area contributed by atoms with Crippen molar-refractivity contribution >= 4 is 27.3 Å². The first-order valence-electron chi connectivity index (χ1n) is 10.1. The number of nitrogens with zero attached hydrogens (tertiary/aromatic N) is 3. The molecule has 31 heavy (non-hydrogen) atoms. The molecule has 0 radical (unpaired) electrons. The predicted molar refractivity (Wildman–Crippen MR) is 120 cm³/mol. The lowest BCUT2D eigenvalue weighted by molar-refractivity contribution is 0.0693. The van der Waals surface area contributed by atoms with Gasteiger partial charge in [0.2, 0.25) is 10.0 Å². The second-order valence-electron chi connectivity index (χ2n) is 8.49. The summed E-state index contributed by atoms with van der Waals surface area (Å²) in [4.78, 5) is 19.1. The molecule has 1 amide bonds. The van der Waals surface area contributed by atoms with E-state index in [9.17, 15) is 13.2 Å². The molecule has 1 aliphatic heterocycles. The number of aromatic nitrogens is 1. The van der Waals surface area contributed by atoms with Gasteiger partial charge in [0.15, 0.2) is 10.8 Å². The number of carbonyl (C=O) groups is 1. The van der Waals surface area contributed by atoms with Gasteiger partial charge in [-0.25, -0.2) is 13.4 Å². The molecule has 0 atom stereocenters. The van der Waals surface area contributed by atoms with E-state index in [0.717, 1.165) is 5.56 Å². The lowest BCUT2D eigenvalue weighted by Crippen LogP contribution is -2.50. The smallest absolute Gasteiger partial charge is 0.273 e. The molecule has 0 bridgehead atoms. The van der Waals surface area contributed by atoms with E-state index in [4.69, 9.17) is 4.42 Å². The van der Waals surface area contributed by atoms with Gasteiger partial charge < -0.3 is 9.32 Å². The molecule has 0 spiro atoms. The van der Waals surface area contributed by atoms with Crippen molar-refractivity contribution in [2.24, 2.45) is 0 Å². The third kappa shape index (κ3) is 4.44. The van der Waals surface area contributed by atoms with Gasteiger partial charge in [0.25, 0.3) is 5.91 Å². The van der Waals surface area contributed by atoms with E-state index in [1.165, 1.54) is 15.6 Å². The predicted octanol–water partition coefficient (Wildman–Crippen LogP) is 3.85. The molecule has 0 saturated carbocycles. The van der Waals surface area contributed by atoms with Crippen molar-refractivity contribution in [3.8, 4) is 10.8 Å². The highest BCUT2D eigenvalue weighted by atomic mass is 32.2. The number of hydrogen-bond acceptors (Lipinski definition) is 6. The molecular formula is C22H25N3O4S2. The van der Waals surface area contributed by atoms with Crippen LogP contribution in [-0.4, -0.2) is 54.7 Å². The Hall–Kier alpha value is -2.49. The minimum atomic E-state index is -3.59. The maximum absolute atomic E-state index is 13.0. The molecule has 1 aromatic carbocycles. The molecule has 3 heterocycles.